The number of anilines is 1. The average Bonchev–Trinajstić information content (AvgIpc) is 2.49. The van der Waals surface area contributed by atoms with E-state index in [1.807, 2.05) is 13.0 Å². The molecule has 23 heavy (non-hydrogen) atoms. The van der Waals surface area contributed by atoms with Crippen LogP contribution in [-0.4, -0.2) is 32.1 Å². The fourth-order valence-corrected chi connectivity index (χ4v) is 2.41. The van der Waals surface area contributed by atoms with Gasteiger partial charge in [-0.15, -0.1) is 0 Å². The van der Waals surface area contributed by atoms with Gasteiger partial charge in [-0.05, 0) is 42.7 Å². The molecule has 0 saturated heterocycles. The van der Waals surface area contributed by atoms with E-state index in [1.54, 1.807) is 36.5 Å². The zero-order chi connectivity index (χ0) is 16.9. The maximum Gasteiger partial charge on any atom is 0.256 e. The van der Waals surface area contributed by atoms with Crippen molar-refractivity contribution in [3.63, 3.8) is 0 Å². The van der Waals surface area contributed by atoms with Crippen molar-refractivity contribution in [2.75, 3.05) is 18.1 Å². The molecule has 0 fully saturated rings. The molecule has 0 atom stereocenters. The third-order valence-corrected chi connectivity index (χ3v) is 3.88. The van der Waals surface area contributed by atoms with E-state index in [2.05, 4.69) is 15.0 Å². The molecule has 0 bridgehead atoms. The van der Waals surface area contributed by atoms with Gasteiger partial charge in [0.15, 0.2) is 0 Å². The molecular formula is C16H19N3O3S. The molecule has 0 unspecified atom stereocenters. The van der Waals surface area contributed by atoms with E-state index in [0.717, 1.165) is 17.4 Å². The maximum atomic E-state index is 12.1. The molecule has 1 heterocycles. The Morgan fingerprint density at radius 1 is 1.13 bits per heavy atom. The minimum Gasteiger partial charge on any atom is -0.307 e. The largest absolute Gasteiger partial charge is 0.307 e. The molecule has 122 valence electrons. The van der Waals surface area contributed by atoms with Crippen LogP contribution in [0.3, 0.4) is 0 Å². The van der Waals surface area contributed by atoms with E-state index in [0.29, 0.717) is 24.3 Å². The predicted molar refractivity (Wildman–Crippen MR) is 89.9 cm³/mol. The summed E-state index contributed by atoms with van der Waals surface area (Å²) in [7, 11) is -3.17. The molecule has 0 spiro atoms. The molecule has 0 aliphatic heterocycles. The van der Waals surface area contributed by atoms with Crippen LogP contribution < -0.4 is 10.0 Å². The number of rotatable bonds is 6. The zero-order valence-corrected chi connectivity index (χ0v) is 13.9. The number of carbonyl (C=O) groups excluding carboxylic acids is 1. The zero-order valence-electron chi connectivity index (χ0n) is 13.0. The third kappa shape index (κ3) is 5.80. The number of aryl methyl sites for hydroxylation is 1. The molecule has 7 heteroatoms. The molecule has 1 amide bonds. The molecule has 0 aliphatic rings. The number of nitrogens with one attached hydrogen (secondary N) is 2. The second-order valence-electron chi connectivity index (χ2n) is 5.29. The second-order valence-corrected chi connectivity index (χ2v) is 7.12. The number of pyridine rings is 1. The summed E-state index contributed by atoms with van der Waals surface area (Å²) in [5, 5.41) is 2.73. The van der Waals surface area contributed by atoms with Gasteiger partial charge < -0.3 is 5.32 Å². The number of nitrogens with zero attached hydrogens (tertiary/aromatic N) is 1. The maximum absolute atomic E-state index is 12.1. The topological polar surface area (TPSA) is 88.2 Å². The summed E-state index contributed by atoms with van der Waals surface area (Å²) in [4.78, 5) is 16.2. The average molecular weight is 333 g/mol. The number of benzene rings is 1. The lowest BCUT2D eigenvalue weighted by molar-refractivity contribution is 0.102. The van der Waals surface area contributed by atoms with Crippen LogP contribution in [-0.2, 0) is 16.4 Å². The standard InChI is InChI=1S/C16H19N3O3S/c1-12-3-8-15(17-11-12)19-16(20)14-6-4-13(5-7-14)9-10-18-23(2,21)22/h3-8,11,18H,9-10H2,1-2H3,(H,17,19,20). The summed E-state index contributed by atoms with van der Waals surface area (Å²) in [5.41, 5.74) is 2.49. The molecule has 2 rings (SSSR count). The van der Waals surface area contributed by atoms with Crippen molar-refractivity contribution in [1.82, 2.24) is 9.71 Å². The van der Waals surface area contributed by atoms with Crippen molar-refractivity contribution in [3.8, 4) is 0 Å². The van der Waals surface area contributed by atoms with Gasteiger partial charge in [0.25, 0.3) is 5.91 Å². The number of sulfonamides is 1. The Kier molecular flexibility index (Phi) is 5.46. The lowest BCUT2D eigenvalue weighted by Crippen LogP contribution is -2.24. The van der Waals surface area contributed by atoms with Crippen LogP contribution in [0.25, 0.3) is 0 Å². The first kappa shape index (κ1) is 17.1. The highest BCUT2D eigenvalue weighted by atomic mass is 32.2. The highest BCUT2D eigenvalue weighted by Gasteiger charge is 2.07. The monoisotopic (exact) mass is 333 g/mol. The first-order valence-corrected chi connectivity index (χ1v) is 9.00. The Hall–Kier alpha value is -2.25. The highest BCUT2D eigenvalue weighted by molar-refractivity contribution is 7.88. The second kappa shape index (κ2) is 7.34. The summed E-state index contributed by atoms with van der Waals surface area (Å²) in [6.45, 7) is 2.26. The van der Waals surface area contributed by atoms with E-state index < -0.39 is 10.0 Å². The molecule has 6 nitrogen and oxygen atoms in total. The molecule has 1 aromatic carbocycles. The fraction of sp³-hybridized carbons (Fsp3) is 0.250. The van der Waals surface area contributed by atoms with Gasteiger partial charge in [-0.3, -0.25) is 4.79 Å². The first-order valence-electron chi connectivity index (χ1n) is 7.11. The van der Waals surface area contributed by atoms with Crippen LogP contribution in [0.4, 0.5) is 5.82 Å². The van der Waals surface area contributed by atoms with E-state index in [1.165, 1.54) is 0 Å². The Morgan fingerprint density at radius 3 is 2.39 bits per heavy atom. The first-order chi connectivity index (χ1) is 10.8. The van der Waals surface area contributed by atoms with E-state index in [4.69, 9.17) is 0 Å². The molecule has 0 radical (unpaired) electrons. The van der Waals surface area contributed by atoms with Gasteiger partial charge in [-0.25, -0.2) is 18.1 Å². The van der Waals surface area contributed by atoms with Crippen molar-refractivity contribution in [1.29, 1.82) is 0 Å². The van der Waals surface area contributed by atoms with Gasteiger partial charge in [-0.1, -0.05) is 18.2 Å². The van der Waals surface area contributed by atoms with Crippen molar-refractivity contribution in [2.45, 2.75) is 13.3 Å². The van der Waals surface area contributed by atoms with Gasteiger partial charge in [0.2, 0.25) is 10.0 Å². The van der Waals surface area contributed by atoms with Gasteiger partial charge in [0, 0.05) is 18.3 Å². The van der Waals surface area contributed by atoms with Crippen LogP contribution in [0.1, 0.15) is 21.5 Å². The molecule has 1 aromatic heterocycles. The smallest absolute Gasteiger partial charge is 0.256 e. The summed E-state index contributed by atoms with van der Waals surface area (Å²) in [6, 6.07) is 10.7. The van der Waals surface area contributed by atoms with Gasteiger partial charge in [-0.2, -0.15) is 0 Å². The summed E-state index contributed by atoms with van der Waals surface area (Å²) in [6.07, 6.45) is 3.38. The highest BCUT2D eigenvalue weighted by Crippen LogP contribution is 2.09. The fourth-order valence-electron chi connectivity index (χ4n) is 1.93. The number of amides is 1. The number of hydrogen-bond acceptors (Lipinski definition) is 4. The Labute approximate surface area is 136 Å². The molecule has 2 N–H and O–H groups in total. The predicted octanol–water partition coefficient (Wildman–Crippen LogP) is 1.73. The van der Waals surface area contributed by atoms with Crippen LogP contribution in [0.5, 0.6) is 0 Å². The number of carbonyl (C=O) groups is 1. The summed E-state index contributed by atoms with van der Waals surface area (Å²) in [5.74, 6) is 0.268. The quantitative estimate of drug-likeness (QED) is 0.843. The normalized spacial score (nSPS) is 11.2. The van der Waals surface area contributed by atoms with Crippen LogP contribution in [0.15, 0.2) is 42.6 Å². The SMILES string of the molecule is Cc1ccc(NC(=O)c2ccc(CCNS(C)(=O)=O)cc2)nc1. The lowest BCUT2D eigenvalue weighted by atomic mass is 10.1. The van der Waals surface area contributed by atoms with Crippen LogP contribution >= 0.6 is 0 Å². The van der Waals surface area contributed by atoms with Crippen molar-refractivity contribution >= 4 is 21.7 Å². The number of hydrogen-bond donors (Lipinski definition) is 2. The molecule has 2 aromatic rings. The molecule has 0 saturated carbocycles. The van der Waals surface area contributed by atoms with Gasteiger partial charge in [0.05, 0.1) is 6.26 Å². The van der Waals surface area contributed by atoms with Crippen molar-refractivity contribution in [3.05, 3.63) is 59.3 Å². The minimum absolute atomic E-state index is 0.234. The van der Waals surface area contributed by atoms with E-state index in [-0.39, 0.29) is 5.91 Å². The van der Waals surface area contributed by atoms with E-state index in [9.17, 15) is 13.2 Å². The van der Waals surface area contributed by atoms with Gasteiger partial charge >= 0.3 is 0 Å². The Morgan fingerprint density at radius 2 is 1.83 bits per heavy atom. The van der Waals surface area contributed by atoms with Crippen molar-refractivity contribution in [2.24, 2.45) is 0 Å². The van der Waals surface area contributed by atoms with Crippen molar-refractivity contribution < 1.29 is 13.2 Å². The Balaban J connectivity index is 1.93. The summed E-state index contributed by atoms with van der Waals surface area (Å²) < 4.78 is 24.4. The Bertz CT molecular complexity index is 769. The molecule has 0 aliphatic carbocycles. The van der Waals surface area contributed by atoms with Crippen LogP contribution in [0.2, 0.25) is 0 Å². The van der Waals surface area contributed by atoms with E-state index >= 15 is 0 Å². The lowest BCUT2D eigenvalue weighted by Gasteiger charge is -2.06. The third-order valence-electron chi connectivity index (χ3n) is 3.15. The van der Waals surface area contributed by atoms with Gasteiger partial charge in [0.1, 0.15) is 5.82 Å². The summed E-state index contributed by atoms with van der Waals surface area (Å²) >= 11 is 0. The number of aromatic nitrogens is 1. The minimum atomic E-state index is -3.17. The van der Waals surface area contributed by atoms with Crippen LogP contribution in [0, 0.1) is 6.92 Å². The molecular weight excluding hydrogens is 314 g/mol.